The van der Waals surface area contributed by atoms with Gasteiger partial charge >= 0.3 is 0 Å². The van der Waals surface area contributed by atoms with Crippen molar-refractivity contribution in [2.45, 2.75) is 53.9 Å². The minimum absolute atomic E-state index is 0.229. The third-order valence-electron chi connectivity index (χ3n) is 2.76. The zero-order valence-electron chi connectivity index (χ0n) is 12.3. The van der Waals surface area contributed by atoms with Crippen molar-refractivity contribution < 1.29 is 4.79 Å². The number of nitrogens with one attached hydrogen (secondary N) is 1. The maximum absolute atomic E-state index is 11.6. The molecule has 1 aromatic heterocycles. The summed E-state index contributed by atoms with van der Waals surface area (Å²) in [7, 11) is 0. The fourth-order valence-corrected chi connectivity index (χ4v) is 4.27. The Hall–Kier alpha value is -0.310. The van der Waals surface area contributed by atoms with Crippen molar-refractivity contribution >= 4 is 40.8 Å². The van der Waals surface area contributed by atoms with Crippen molar-refractivity contribution in [1.29, 1.82) is 0 Å². The molecule has 5 nitrogen and oxygen atoms in total. The number of hydrogen-bond donors (Lipinski definition) is 2. The minimum atomic E-state index is -0.639. The minimum Gasteiger partial charge on any atom is -0.368 e. The van der Waals surface area contributed by atoms with E-state index in [0.29, 0.717) is 0 Å². The van der Waals surface area contributed by atoms with Crippen LogP contribution in [0.15, 0.2) is 8.68 Å². The van der Waals surface area contributed by atoms with Gasteiger partial charge in [0.2, 0.25) is 5.91 Å². The van der Waals surface area contributed by atoms with Crippen LogP contribution in [0, 0.1) is 0 Å². The van der Waals surface area contributed by atoms with Crippen molar-refractivity contribution in [2.75, 3.05) is 12.0 Å². The highest BCUT2D eigenvalue weighted by Crippen LogP contribution is 2.28. The van der Waals surface area contributed by atoms with Crippen LogP contribution < -0.4 is 11.1 Å². The summed E-state index contributed by atoms with van der Waals surface area (Å²) in [5.74, 6) is 0.614. The van der Waals surface area contributed by atoms with E-state index in [-0.39, 0.29) is 11.9 Å². The summed E-state index contributed by atoms with van der Waals surface area (Å²) >= 11 is 4.89. The second-order valence-corrected chi connectivity index (χ2v) is 8.36. The molecule has 0 saturated heterocycles. The SMILES string of the molecule is CSc1nnc(SCCCC(C)(NC(C)C)C(N)=O)s1. The smallest absolute Gasteiger partial charge is 0.237 e. The molecular weight excluding hydrogens is 312 g/mol. The molecule has 1 amide bonds. The van der Waals surface area contributed by atoms with Crippen molar-refractivity contribution in [3.8, 4) is 0 Å². The second kappa shape index (κ2) is 8.21. The Labute approximate surface area is 132 Å². The van der Waals surface area contributed by atoms with Gasteiger partial charge in [-0.25, -0.2) is 0 Å². The van der Waals surface area contributed by atoms with Crippen molar-refractivity contribution in [3.63, 3.8) is 0 Å². The van der Waals surface area contributed by atoms with Gasteiger partial charge in [-0.2, -0.15) is 0 Å². The van der Waals surface area contributed by atoms with E-state index >= 15 is 0 Å². The van der Waals surface area contributed by atoms with Gasteiger partial charge in [-0.3, -0.25) is 4.79 Å². The highest BCUT2D eigenvalue weighted by molar-refractivity contribution is 8.02. The Morgan fingerprint density at radius 2 is 2.10 bits per heavy atom. The average molecular weight is 335 g/mol. The first-order valence-corrected chi connectivity index (χ1v) is 9.48. The number of carbonyl (C=O) groups is 1. The van der Waals surface area contributed by atoms with E-state index in [4.69, 9.17) is 5.73 Å². The largest absolute Gasteiger partial charge is 0.368 e. The number of nitrogens with zero attached hydrogens (tertiary/aromatic N) is 2. The van der Waals surface area contributed by atoms with Crippen LogP contribution in [0.25, 0.3) is 0 Å². The lowest BCUT2D eigenvalue weighted by Gasteiger charge is -2.29. The number of thioether (sulfide) groups is 2. The number of aromatic nitrogens is 2. The van der Waals surface area contributed by atoms with Gasteiger partial charge in [0.15, 0.2) is 8.68 Å². The van der Waals surface area contributed by atoms with Gasteiger partial charge in [-0.05, 0) is 39.9 Å². The molecule has 0 fully saturated rings. The number of amides is 1. The van der Waals surface area contributed by atoms with Gasteiger partial charge in [-0.1, -0.05) is 34.9 Å². The highest BCUT2D eigenvalue weighted by atomic mass is 32.2. The van der Waals surface area contributed by atoms with Gasteiger partial charge in [0, 0.05) is 11.8 Å². The van der Waals surface area contributed by atoms with Crippen LogP contribution in [-0.2, 0) is 4.79 Å². The Morgan fingerprint density at radius 3 is 2.60 bits per heavy atom. The summed E-state index contributed by atoms with van der Waals surface area (Å²) in [4.78, 5) is 11.6. The van der Waals surface area contributed by atoms with E-state index < -0.39 is 5.54 Å². The summed E-state index contributed by atoms with van der Waals surface area (Å²) < 4.78 is 1.96. The Balaban J connectivity index is 2.39. The van der Waals surface area contributed by atoms with E-state index in [0.717, 1.165) is 27.3 Å². The summed E-state index contributed by atoms with van der Waals surface area (Å²) in [6, 6.07) is 0.229. The van der Waals surface area contributed by atoms with E-state index in [1.54, 1.807) is 34.9 Å². The van der Waals surface area contributed by atoms with Crippen LogP contribution in [0.4, 0.5) is 0 Å². The first-order valence-electron chi connectivity index (χ1n) is 6.45. The number of rotatable bonds is 9. The lowest BCUT2D eigenvalue weighted by molar-refractivity contribution is -0.124. The molecule has 0 saturated carbocycles. The normalized spacial score (nSPS) is 14.4. The predicted octanol–water partition coefficient (Wildman–Crippen LogP) is 2.37. The molecule has 3 N–H and O–H groups in total. The zero-order chi connectivity index (χ0) is 15.2. The molecule has 1 rings (SSSR count). The average Bonchev–Trinajstić information content (AvgIpc) is 2.81. The topological polar surface area (TPSA) is 80.9 Å². The first-order chi connectivity index (χ1) is 9.37. The molecule has 0 aromatic carbocycles. The standard InChI is InChI=1S/C12H22N4OS3/c1-8(2)14-12(3,9(13)17)6-5-7-19-11-16-15-10(18-4)20-11/h8,14H,5-7H2,1-4H3,(H2,13,17). The molecule has 20 heavy (non-hydrogen) atoms. The third-order valence-corrected chi connectivity index (χ3v) is 5.88. The van der Waals surface area contributed by atoms with Crippen molar-refractivity contribution in [2.24, 2.45) is 5.73 Å². The molecule has 0 radical (unpaired) electrons. The lowest BCUT2D eigenvalue weighted by atomic mass is 9.94. The molecule has 1 heterocycles. The predicted molar refractivity (Wildman–Crippen MR) is 87.5 cm³/mol. The van der Waals surface area contributed by atoms with Crippen LogP contribution in [0.5, 0.6) is 0 Å². The molecule has 114 valence electrons. The summed E-state index contributed by atoms with van der Waals surface area (Å²) in [6.45, 7) is 5.90. The number of carbonyl (C=O) groups excluding carboxylic acids is 1. The summed E-state index contributed by atoms with van der Waals surface area (Å²) in [5, 5.41) is 11.4. The monoisotopic (exact) mass is 334 g/mol. The van der Waals surface area contributed by atoms with Crippen LogP contribution in [-0.4, -0.2) is 39.7 Å². The fourth-order valence-electron chi connectivity index (χ4n) is 1.83. The van der Waals surface area contributed by atoms with E-state index in [1.165, 1.54) is 0 Å². The van der Waals surface area contributed by atoms with E-state index in [1.807, 2.05) is 27.0 Å². The second-order valence-electron chi connectivity index (χ2n) is 4.99. The Kier molecular flexibility index (Phi) is 7.28. The highest BCUT2D eigenvalue weighted by Gasteiger charge is 2.30. The summed E-state index contributed by atoms with van der Waals surface area (Å²) in [6.07, 6.45) is 3.62. The van der Waals surface area contributed by atoms with E-state index in [2.05, 4.69) is 15.5 Å². The molecule has 0 bridgehead atoms. The molecular formula is C12H22N4OS3. The molecule has 0 aliphatic rings. The van der Waals surface area contributed by atoms with Gasteiger partial charge in [0.25, 0.3) is 0 Å². The Morgan fingerprint density at radius 1 is 1.45 bits per heavy atom. The molecule has 0 aliphatic heterocycles. The van der Waals surface area contributed by atoms with Crippen LogP contribution >= 0.6 is 34.9 Å². The molecule has 0 spiro atoms. The van der Waals surface area contributed by atoms with Crippen LogP contribution in [0.2, 0.25) is 0 Å². The van der Waals surface area contributed by atoms with Crippen LogP contribution in [0.3, 0.4) is 0 Å². The molecule has 1 atom stereocenters. The molecule has 8 heteroatoms. The van der Waals surface area contributed by atoms with Gasteiger partial charge in [0.1, 0.15) is 0 Å². The Bertz CT molecular complexity index is 438. The first kappa shape index (κ1) is 17.7. The molecule has 1 unspecified atom stereocenters. The third kappa shape index (κ3) is 5.59. The zero-order valence-corrected chi connectivity index (χ0v) is 14.8. The lowest BCUT2D eigenvalue weighted by Crippen LogP contribution is -2.55. The maximum Gasteiger partial charge on any atom is 0.237 e. The molecule has 1 aromatic rings. The van der Waals surface area contributed by atoms with Gasteiger partial charge < -0.3 is 11.1 Å². The number of nitrogens with two attached hydrogens (primary N) is 1. The van der Waals surface area contributed by atoms with Gasteiger partial charge in [-0.15, -0.1) is 10.2 Å². The number of primary amides is 1. The van der Waals surface area contributed by atoms with Gasteiger partial charge in [0.05, 0.1) is 5.54 Å². The fraction of sp³-hybridized carbons (Fsp3) is 0.750. The number of hydrogen-bond acceptors (Lipinski definition) is 7. The molecule has 0 aliphatic carbocycles. The van der Waals surface area contributed by atoms with Crippen molar-refractivity contribution in [3.05, 3.63) is 0 Å². The van der Waals surface area contributed by atoms with Crippen LogP contribution in [0.1, 0.15) is 33.6 Å². The van der Waals surface area contributed by atoms with E-state index in [9.17, 15) is 4.79 Å². The van der Waals surface area contributed by atoms with Crippen molar-refractivity contribution in [1.82, 2.24) is 15.5 Å². The summed E-state index contributed by atoms with van der Waals surface area (Å²) in [5.41, 5.74) is 4.86. The maximum atomic E-state index is 11.6. The quantitative estimate of drug-likeness (QED) is 0.533.